The number of hydrogen-bond donors (Lipinski definition) is 0. The van der Waals surface area contributed by atoms with Gasteiger partial charge in [0.2, 0.25) is 0 Å². The van der Waals surface area contributed by atoms with E-state index >= 15 is 0 Å². The first-order valence-electron chi connectivity index (χ1n) is 3.11. The lowest BCUT2D eigenvalue weighted by molar-refractivity contribution is -0.137. The first-order chi connectivity index (χ1) is 5.22. The van der Waals surface area contributed by atoms with Gasteiger partial charge in [-0.25, -0.2) is 4.79 Å². The number of carbonyl (C=O) groups excluding carboxylic acids is 1. The molecule has 0 aliphatic heterocycles. The molecule has 0 aliphatic carbocycles. The average Bonchev–Trinajstić information content (AvgIpc) is 2.00. The minimum atomic E-state index is -0.456. The molecule has 0 bridgehead atoms. The Morgan fingerprint density at radius 2 is 2.36 bits per heavy atom. The zero-order valence-corrected chi connectivity index (χ0v) is 6.30. The second-order valence-electron chi connectivity index (χ2n) is 1.87. The van der Waals surface area contributed by atoms with Gasteiger partial charge >= 0.3 is 5.97 Å². The summed E-state index contributed by atoms with van der Waals surface area (Å²) in [4.78, 5) is 10.8. The maximum absolute atomic E-state index is 10.8. The van der Waals surface area contributed by atoms with Crippen molar-refractivity contribution in [2.45, 2.75) is 6.42 Å². The van der Waals surface area contributed by atoms with Crippen LogP contribution in [0.3, 0.4) is 0 Å². The van der Waals surface area contributed by atoms with Crippen molar-refractivity contribution in [2.75, 3.05) is 6.61 Å². The summed E-state index contributed by atoms with van der Waals surface area (Å²) in [5.41, 5.74) is 0.300. The van der Waals surface area contributed by atoms with Crippen molar-refractivity contribution < 1.29 is 9.53 Å². The van der Waals surface area contributed by atoms with Crippen molar-refractivity contribution in [1.82, 2.24) is 0 Å². The molecule has 0 saturated heterocycles. The van der Waals surface area contributed by atoms with Gasteiger partial charge in [0.25, 0.3) is 0 Å². The monoisotopic (exact) mass is 150 g/mol. The highest BCUT2D eigenvalue weighted by atomic mass is 16.5. The number of rotatable bonds is 4. The van der Waals surface area contributed by atoms with E-state index in [1.165, 1.54) is 6.08 Å². The fourth-order valence-electron chi connectivity index (χ4n) is 0.432. The lowest BCUT2D eigenvalue weighted by atomic mass is 10.2. The van der Waals surface area contributed by atoms with Crippen LogP contribution in [-0.2, 0) is 9.53 Å². The second kappa shape index (κ2) is 5.31. The summed E-state index contributed by atoms with van der Waals surface area (Å²) >= 11 is 0. The first kappa shape index (κ1) is 9.51. The Morgan fingerprint density at radius 3 is 2.82 bits per heavy atom. The van der Waals surface area contributed by atoms with Crippen LogP contribution in [0.15, 0.2) is 24.8 Å². The summed E-state index contributed by atoms with van der Waals surface area (Å²) < 4.78 is 4.65. The molecule has 0 saturated carbocycles. The van der Waals surface area contributed by atoms with Crippen molar-refractivity contribution in [3.63, 3.8) is 0 Å². The van der Waals surface area contributed by atoms with Crippen molar-refractivity contribution in [3.8, 4) is 12.3 Å². The molecule has 0 unspecified atom stereocenters. The summed E-state index contributed by atoms with van der Waals surface area (Å²) in [6.45, 7) is 7.03. The van der Waals surface area contributed by atoms with Gasteiger partial charge in [0.05, 0.1) is 0 Å². The lowest BCUT2D eigenvalue weighted by Gasteiger charge is -2.00. The van der Waals surface area contributed by atoms with E-state index in [2.05, 4.69) is 23.8 Å². The second-order valence-corrected chi connectivity index (χ2v) is 1.87. The highest BCUT2D eigenvalue weighted by molar-refractivity contribution is 5.88. The van der Waals surface area contributed by atoms with Crippen LogP contribution in [0.4, 0.5) is 0 Å². The van der Waals surface area contributed by atoms with Gasteiger partial charge < -0.3 is 4.74 Å². The van der Waals surface area contributed by atoms with Gasteiger partial charge in [-0.05, 0) is 0 Å². The summed E-state index contributed by atoms with van der Waals surface area (Å²) in [7, 11) is 0. The SMILES string of the molecule is C#CCC(=C)C(=O)OCC=C. The maximum atomic E-state index is 10.8. The van der Waals surface area contributed by atoms with Crippen molar-refractivity contribution >= 4 is 5.97 Å². The molecular weight excluding hydrogens is 140 g/mol. The molecule has 0 spiro atoms. The molecule has 11 heavy (non-hydrogen) atoms. The van der Waals surface area contributed by atoms with Crippen LogP contribution in [0.5, 0.6) is 0 Å². The average molecular weight is 150 g/mol. The molecule has 0 amide bonds. The quantitative estimate of drug-likeness (QED) is 0.261. The minimum Gasteiger partial charge on any atom is -0.458 e. The molecule has 0 aromatic carbocycles. The van der Waals surface area contributed by atoms with Gasteiger partial charge in [-0.15, -0.1) is 12.3 Å². The molecule has 0 fully saturated rings. The van der Waals surface area contributed by atoms with E-state index in [0.717, 1.165) is 0 Å². The van der Waals surface area contributed by atoms with Gasteiger partial charge in [-0.2, -0.15) is 0 Å². The Kier molecular flexibility index (Phi) is 4.59. The summed E-state index contributed by atoms with van der Waals surface area (Å²) in [5.74, 6) is 1.84. The highest BCUT2D eigenvalue weighted by Crippen LogP contribution is 1.98. The summed E-state index contributed by atoms with van der Waals surface area (Å²) in [6.07, 6.45) is 6.68. The van der Waals surface area contributed by atoms with Gasteiger partial charge in [-0.3, -0.25) is 0 Å². The minimum absolute atomic E-state index is 0.197. The number of esters is 1. The normalized spacial score (nSPS) is 7.91. The lowest BCUT2D eigenvalue weighted by Crippen LogP contribution is -2.06. The molecule has 0 heterocycles. The zero-order chi connectivity index (χ0) is 8.69. The van der Waals surface area contributed by atoms with Crippen LogP contribution in [0.1, 0.15) is 6.42 Å². The van der Waals surface area contributed by atoms with Gasteiger partial charge in [-0.1, -0.05) is 19.2 Å². The number of hydrogen-bond acceptors (Lipinski definition) is 2. The van der Waals surface area contributed by atoms with E-state index in [9.17, 15) is 4.79 Å². The topological polar surface area (TPSA) is 26.3 Å². The molecule has 2 heteroatoms. The van der Waals surface area contributed by atoms with Crippen molar-refractivity contribution in [2.24, 2.45) is 0 Å². The fraction of sp³-hybridized carbons (Fsp3) is 0.222. The van der Waals surface area contributed by atoms with E-state index in [-0.39, 0.29) is 13.0 Å². The van der Waals surface area contributed by atoms with E-state index in [1.807, 2.05) is 0 Å². The predicted octanol–water partition coefficient (Wildman–Crippen LogP) is 1.30. The smallest absolute Gasteiger partial charge is 0.334 e. The Balaban J connectivity index is 3.75. The van der Waals surface area contributed by atoms with Gasteiger partial charge in [0, 0.05) is 12.0 Å². The molecule has 2 nitrogen and oxygen atoms in total. The molecule has 0 rings (SSSR count). The van der Waals surface area contributed by atoms with E-state index in [0.29, 0.717) is 5.57 Å². The standard InChI is InChI=1S/C9H10O2/c1-4-6-8(3)9(10)11-7-5-2/h1,5H,2-3,6-7H2. The van der Waals surface area contributed by atoms with Crippen molar-refractivity contribution in [3.05, 3.63) is 24.8 Å². The van der Waals surface area contributed by atoms with Crippen LogP contribution < -0.4 is 0 Å². The molecule has 0 aliphatic rings. The maximum Gasteiger partial charge on any atom is 0.334 e. The number of ether oxygens (including phenoxy) is 1. The largest absolute Gasteiger partial charge is 0.458 e. The van der Waals surface area contributed by atoms with Crippen molar-refractivity contribution in [1.29, 1.82) is 0 Å². The first-order valence-corrected chi connectivity index (χ1v) is 3.11. The molecule has 0 atom stereocenters. The zero-order valence-electron chi connectivity index (χ0n) is 6.30. The van der Waals surface area contributed by atoms with E-state index < -0.39 is 5.97 Å². The fourth-order valence-corrected chi connectivity index (χ4v) is 0.432. The molecule has 0 radical (unpaired) electrons. The van der Waals surface area contributed by atoms with Crippen LogP contribution in [0.25, 0.3) is 0 Å². The molecule has 0 N–H and O–H groups in total. The summed E-state index contributed by atoms with van der Waals surface area (Å²) in [6, 6.07) is 0. The third-order valence-corrected chi connectivity index (χ3v) is 0.936. The van der Waals surface area contributed by atoms with E-state index in [4.69, 9.17) is 6.42 Å². The number of terminal acetylenes is 1. The van der Waals surface area contributed by atoms with Crippen LogP contribution in [-0.4, -0.2) is 12.6 Å². The van der Waals surface area contributed by atoms with Crippen LogP contribution >= 0.6 is 0 Å². The van der Waals surface area contributed by atoms with Crippen LogP contribution in [0, 0.1) is 12.3 Å². The Bertz CT molecular complexity index is 208. The predicted molar refractivity (Wildman–Crippen MR) is 43.7 cm³/mol. The van der Waals surface area contributed by atoms with Gasteiger partial charge in [0.1, 0.15) is 6.61 Å². The van der Waals surface area contributed by atoms with Crippen LogP contribution in [0.2, 0.25) is 0 Å². The van der Waals surface area contributed by atoms with Gasteiger partial charge in [0.15, 0.2) is 0 Å². The van der Waals surface area contributed by atoms with E-state index in [1.54, 1.807) is 0 Å². The molecular formula is C9H10O2. The molecule has 58 valence electrons. The Hall–Kier alpha value is -1.49. The Morgan fingerprint density at radius 1 is 1.73 bits per heavy atom. The molecule has 0 aromatic heterocycles. The highest BCUT2D eigenvalue weighted by Gasteiger charge is 2.04. The Labute approximate surface area is 66.6 Å². The summed E-state index contributed by atoms with van der Waals surface area (Å²) in [5, 5.41) is 0. The third kappa shape index (κ3) is 3.99. The number of carbonyl (C=O) groups is 1. The third-order valence-electron chi connectivity index (χ3n) is 0.936. The molecule has 0 aromatic rings.